The second kappa shape index (κ2) is 9.32. The van der Waals surface area contributed by atoms with Crippen LogP contribution in [0, 0.1) is 11.3 Å². The summed E-state index contributed by atoms with van der Waals surface area (Å²) in [6.07, 6.45) is 4.18. The molecule has 32 heavy (non-hydrogen) atoms. The number of halogens is 1. The number of amides is 1. The zero-order valence-electron chi connectivity index (χ0n) is 16.9. The molecular weight excluding hydrogens is 415 g/mol. The van der Waals surface area contributed by atoms with Crippen LogP contribution in [0.2, 0.25) is 0 Å². The number of carbonyl (C=O) groups is 1. The maximum Gasteiger partial charge on any atom is 0.251 e. The molecule has 0 unspecified atom stereocenters. The molecule has 0 saturated carbocycles. The van der Waals surface area contributed by atoms with Crippen molar-refractivity contribution in [1.82, 2.24) is 19.9 Å². The molecular formula is C21H19FN8O2. The van der Waals surface area contributed by atoms with Gasteiger partial charge in [0, 0.05) is 24.5 Å². The van der Waals surface area contributed by atoms with Crippen LogP contribution in [-0.2, 0) is 4.79 Å². The molecule has 3 aromatic rings. The first-order valence-corrected chi connectivity index (χ1v) is 9.82. The largest absolute Gasteiger partial charge is 0.387 e. The van der Waals surface area contributed by atoms with E-state index in [1.54, 1.807) is 41.6 Å². The first-order valence-electron chi connectivity index (χ1n) is 9.82. The summed E-state index contributed by atoms with van der Waals surface area (Å²) in [5.41, 5.74) is 2.13. The Balaban J connectivity index is 1.51. The highest BCUT2D eigenvalue weighted by Crippen LogP contribution is 2.27. The Morgan fingerprint density at radius 2 is 2.16 bits per heavy atom. The van der Waals surface area contributed by atoms with E-state index in [1.807, 2.05) is 0 Å². The van der Waals surface area contributed by atoms with Crippen LogP contribution in [-0.4, -0.2) is 56.8 Å². The van der Waals surface area contributed by atoms with Gasteiger partial charge in [0.25, 0.3) is 5.91 Å². The van der Waals surface area contributed by atoms with E-state index in [4.69, 9.17) is 5.11 Å². The minimum absolute atomic E-state index is 0.235. The second-order valence-corrected chi connectivity index (χ2v) is 7.07. The van der Waals surface area contributed by atoms with Crippen molar-refractivity contribution in [3.8, 4) is 17.3 Å². The fourth-order valence-electron chi connectivity index (χ4n) is 3.27. The van der Waals surface area contributed by atoms with Crippen LogP contribution in [0.15, 0.2) is 42.9 Å². The number of carbonyl (C=O) groups excluding carboxylic acids is 1. The average Bonchev–Trinajstić information content (AvgIpc) is 3.26. The molecule has 162 valence electrons. The minimum atomic E-state index is -0.909. The van der Waals surface area contributed by atoms with Crippen molar-refractivity contribution in [2.75, 3.05) is 35.2 Å². The van der Waals surface area contributed by atoms with E-state index >= 15 is 0 Å². The Bertz CT molecular complexity index is 1170. The van der Waals surface area contributed by atoms with E-state index in [0.717, 1.165) is 0 Å². The van der Waals surface area contributed by atoms with E-state index in [-0.39, 0.29) is 6.54 Å². The SMILES string of the molecule is N#Cc1cc(-c2ccnc(Nc3ccc(NC(=O)CO)nc3)n2)cnc1N1CC[C@H](F)C1. The highest BCUT2D eigenvalue weighted by molar-refractivity contribution is 5.90. The molecule has 0 bridgehead atoms. The number of aliphatic hydroxyl groups excluding tert-OH is 1. The van der Waals surface area contributed by atoms with Crippen LogP contribution in [0.1, 0.15) is 12.0 Å². The van der Waals surface area contributed by atoms with Crippen molar-refractivity contribution in [3.63, 3.8) is 0 Å². The molecule has 4 heterocycles. The highest BCUT2D eigenvalue weighted by atomic mass is 19.1. The molecule has 1 aliphatic heterocycles. The third-order valence-corrected chi connectivity index (χ3v) is 4.80. The summed E-state index contributed by atoms with van der Waals surface area (Å²) in [6.45, 7) is 0.138. The van der Waals surface area contributed by atoms with Gasteiger partial charge in [-0.3, -0.25) is 4.79 Å². The van der Waals surface area contributed by atoms with Crippen LogP contribution in [0.3, 0.4) is 0 Å². The summed E-state index contributed by atoms with van der Waals surface area (Å²) < 4.78 is 13.5. The fraction of sp³-hybridized carbons (Fsp3) is 0.238. The lowest BCUT2D eigenvalue weighted by Crippen LogP contribution is -2.22. The predicted molar refractivity (Wildman–Crippen MR) is 115 cm³/mol. The van der Waals surface area contributed by atoms with Gasteiger partial charge in [0.1, 0.15) is 30.5 Å². The summed E-state index contributed by atoms with van der Waals surface area (Å²) in [6, 6.07) is 8.76. The predicted octanol–water partition coefficient (Wildman–Crippen LogP) is 2.03. The van der Waals surface area contributed by atoms with Crippen molar-refractivity contribution in [2.45, 2.75) is 12.6 Å². The molecule has 0 spiro atoms. The number of nitriles is 1. The number of rotatable bonds is 6. The van der Waals surface area contributed by atoms with Crippen molar-refractivity contribution < 1.29 is 14.3 Å². The van der Waals surface area contributed by atoms with Gasteiger partial charge in [0.2, 0.25) is 5.95 Å². The molecule has 0 radical (unpaired) electrons. The highest BCUT2D eigenvalue weighted by Gasteiger charge is 2.25. The Kier molecular flexibility index (Phi) is 6.14. The lowest BCUT2D eigenvalue weighted by Gasteiger charge is -2.18. The zero-order chi connectivity index (χ0) is 22.5. The number of aromatic nitrogens is 4. The average molecular weight is 434 g/mol. The number of aliphatic hydroxyl groups is 1. The summed E-state index contributed by atoms with van der Waals surface area (Å²) in [5.74, 6) is 0.526. The van der Waals surface area contributed by atoms with Gasteiger partial charge in [-0.1, -0.05) is 0 Å². The van der Waals surface area contributed by atoms with Gasteiger partial charge in [-0.05, 0) is 30.7 Å². The molecule has 1 aliphatic rings. The van der Waals surface area contributed by atoms with Gasteiger partial charge >= 0.3 is 0 Å². The third-order valence-electron chi connectivity index (χ3n) is 4.80. The van der Waals surface area contributed by atoms with Crippen LogP contribution in [0.5, 0.6) is 0 Å². The van der Waals surface area contributed by atoms with E-state index in [1.165, 1.54) is 6.20 Å². The molecule has 0 aromatic carbocycles. The lowest BCUT2D eigenvalue weighted by atomic mass is 10.1. The first kappa shape index (κ1) is 21.1. The maximum absolute atomic E-state index is 13.5. The second-order valence-electron chi connectivity index (χ2n) is 7.07. The summed E-state index contributed by atoms with van der Waals surface area (Å²) in [4.78, 5) is 30.1. The van der Waals surface area contributed by atoms with Gasteiger partial charge in [0.05, 0.1) is 29.7 Å². The number of alkyl halides is 1. The topological polar surface area (TPSA) is 140 Å². The van der Waals surface area contributed by atoms with E-state index in [2.05, 4.69) is 36.6 Å². The monoisotopic (exact) mass is 434 g/mol. The molecule has 1 saturated heterocycles. The van der Waals surface area contributed by atoms with Crippen molar-refractivity contribution in [2.24, 2.45) is 0 Å². The molecule has 3 aromatic heterocycles. The van der Waals surface area contributed by atoms with Crippen LogP contribution in [0.25, 0.3) is 11.3 Å². The molecule has 0 aliphatic carbocycles. The minimum Gasteiger partial charge on any atom is -0.387 e. The molecule has 10 nitrogen and oxygen atoms in total. The number of hydrogen-bond acceptors (Lipinski definition) is 9. The fourth-order valence-corrected chi connectivity index (χ4v) is 3.27. The third kappa shape index (κ3) is 4.76. The summed E-state index contributed by atoms with van der Waals surface area (Å²) >= 11 is 0. The summed E-state index contributed by atoms with van der Waals surface area (Å²) in [5, 5.41) is 23.8. The van der Waals surface area contributed by atoms with Crippen molar-refractivity contribution in [3.05, 3.63) is 48.4 Å². The first-order chi connectivity index (χ1) is 15.6. The number of pyridine rings is 2. The maximum atomic E-state index is 13.5. The quantitative estimate of drug-likeness (QED) is 0.531. The molecule has 11 heteroatoms. The van der Waals surface area contributed by atoms with Gasteiger partial charge in [-0.2, -0.15) is 5.26 Å². The Morgan fingerprint density at radius 3 is 2.84 bits per heavy atom. The Hall–Kier alpha value is -4.17. The van der Waals surface area contributed by atoms with Crippen LogP contribution < -0.4 is 15.5 Å². The normalized spacial score (nSPS) is 15.3. The number of nitrogens with zero attached hydrogens (tertiary/aromatic N) is 6. The van der Waals surface area contributed by atoms with E-state index in [9.17, 15) is 14.4 Å². The van der Waals surface area contributed by atoms with Crippen LogP contribution in [0.4, 0.5) is 27.7 Å². The molecule has 1 fully saturated rings. The standard InChI is InChI=1S/C21H19FN8O2/c22-15-4-6-30(11-15)20-13(8-23)7-14(9-26-20)17-3-5-24-21(28-17)27-16-1-2-18(25-10-16)29-19(32)12-31/h1-3,5,7,9-10,15,31H,4,6,11-12H2,(H,24,27,28)(H,25,29,32)/t15-/m0/s1. The smallest absolute Gasteiger partial charge is 0.251 e. The van der Waals surface area contributed by atoms with E-state index < -0.39 is 18.7 Å². The van der Waals surface area contributed by atoms with Gasteiger partial charge in [-0.15, -0.1) is 0 Å². The Labute approximate surface area is 182 Å². The number of nitrogens with one attached hydrogen (secondary N) is 2. The van der Waals surface area contributed by atoms with Crippen molar-refractivity contribution >= 4 is 29.2 Å². The Morgan fingerprint density at radius 1 is 1.28 bits per heavy atom. The lowest BCUT2D eigenvalue weighted by molar-refractivity contribution is -0.118. The van der Waals surface area contributed by atoms with E-state index in [0.29, 0.717) is 53.1 Å². The molecule has 1 amide bonds. The number of anilines is 4. The number of hydrogen-bond donors (Lipinski definition) is 3. The van der Waals surface area contributed by atoms with Crippen LogP contribution >= 0.6 is 0 Å². The van der Waals surface area contributed by atoms with Gasteiger partial charge < -0.3 is 20.6 Å². The van der Waals surface area contributed by atoms with Gasteiger partial charge in [0.15, 0.2) is 0 Å². The zero-order valence-corrected chi connectivity index (χ0v) is 16.9. The molecule has 3 N–H and O–H groups in total. The molecule has 1 atom stereocenters. The molecule has 4 rings (SSSR count). The van der Waals surface area contributed by atoms with Gasteiger partial charge in [-0.25, -0.2) is 24.3 Å². The van der Waals surface area contributed by atoms with Crippen molar-refractivity contribution in [1.29, 1.82) is 5.26 Å². The summed E-state index contributed by atoms with van der Waals surface area (Å²) in [7, 11) is 0.